The smallest absolute Gasteiger partial charge is 0.330 e. The third-order valence-electron chi connectivity index (χ3n) is 3.97. The normalized spacial score (nSPS) is 11.9. The van der Waals surface area contributed by atoms with Gasteiger partial charge < -0.3 is 5.32 Å². The van der Waals surface area contributed by atoms with E-state index in [4.69, 9.17) is 0 Å². The topological polar surface area (TPSA) is 80.9 Å². The fourth-order valence-corrected chi connectivity index (χ4v) is 4.26. The summed E-state index contributed by atoms with van der Waals surface area (Å²) in [5.41, 5.74) is 1.75. The van der Waals surface area contributed by atoms with Crippen molar-refractivity contribution >= 4 is 39.6 Å². The van der Waals surface area contributed by atoms with Gasteiger partial charge in [-0.1, -0.05) is 17.4 Å². The van der Waals surface area contributed by atoms with Gasteiger partial charge in [0, 0.05) is 11.3 Å². The summed E-state index contributed by atoms with van der Waals surface area (Å²) in [5.74, 6) is -1.59. The number of aromatic nitrogens is 6. The Balaban J connectivity index is 1.64. The molecule has 0 fully saturated rings. The minimum atomic E-state index is -4.68. The third kappa shape index (κ3) is 3.87. The van der Waals surface area contributed by atoms with E-state index < -0.39 is 17.8 Å². The molecule has 0 aliphatic heterocycles. The minimum absolute atomic E-state index is 0.0462. The molecule has 0 radical (unpaired) electrons. The highest BCUT2D eigenvalue weighted by atomic mass is 32.2. The number of hydrogen-bond acceptors (Lipinski definition) is 8. The Morgan fingerprint density at radius 2 is 1.86 bits per heavy atom. The van der Waals surface area contributed by atoms with Crippen LogP contribution in [0.4, 0.5) is 28.4 Å². The van der Waals surface area contributed by atoms with E-state index >= 15 is 0 Å². The predicted octanol–water partition coefficient (Wildman–Crippen LogP) is 4.65. The Bertz CT molecular complexity index is 1200. The molecule has 0 aliphatic rings. The van der Waals surface area contributed by atoms with Crippen LogP contribution >= 0.6 is 23.1 Å². The summed E-state index contributed by atoms with van der Waals surface area (Å²) in [7, 11) is 0. The number of halogens is 4. The average Bonchev–Trinajstić information content (AvgIpc) is 3.26. The summed E-state index contributed by atoms with van der Waals surface area (Å²) in [6.45, 7) is 3.39. The first-order valence-electron chi connectivity index (χ1n) is 8.06. The highest BCUT2D eigenvalue weighted by molar-refractivity contribution is 8.01. The van der Waals surface area contributed by atoms with Gasteiger partial charge in [-0.15, -0.1) is 20.4 Å². The van der Waals surface area contributed by atoms with Crippen LogP contribution in [0.15, 0.2) is 33.6 Å². The number of rotatable bonds is 4. The monoisotopic (exact) mass is 441 g/mol. The molecule has 0 bridgehead atoms. The van der Waals surface area contributed by atoms with Crippen LogP contribution in [0.25, 0.3) is 5.65 Å². The number of anilines is 2. The number of nitrogens with one attached hydrogen (secondary N) is 1. The minimum Gasteiger partial charge on any atom is -0.330 e. The van der Waals surface area contributed by atoms with E-state index in [9.17, 15) is 17.6 Å². The lowest BCUT2D eigenvalue weighted by molar-refractivity contribution is -0.146. The van der Waals surface area contributed by atoms with Gasteiger partial charge in [0.25, 0.3) is 5.82 Å². The maximum absolute atomic E-state index is 13.3. The van der Waals surface area contributed by atoms with Gasteiger partial charge in [0.2, 0.25) is 5.13 Å². The number of fused-ring (bicyclic) bond motifs is 1. The zero-order chi connectivity index (χ0) is 20.8. The fraction of sp³-hybridized carbons (Fsp3) is 0.188. The number of nitrogens with zero attached hydrogens (tertiary/aromatic N) is 6. The summed E-state index contributed by atoms with van der Waals surface area (Å²) >= 11 is 2.24. The molecule has 1 N–H and O–H groups in total. The van der Waals surface area contributed by atoms with Crippen LogP contribution in [0.1, 0.15) is 17.0 Å². The molecule has 3 heterocycles. The van der Waals surface area contributed by atoms with Crippen LogP contribution in [0.5, 0.6) is 0 Å². The first kappa shape index (κ1) is 19.5. The van der Waals surface area contributed by atoms with E-state index in [1.54, 1.807) is 26.0 Å². The van der Waals surface area contributed by atoms with Crippen LogP contribution in [0, 0.1) is 19.7 Å². The third-order valence-corrected chi connectivity index (χ3v) is 5.94. The van der Waals surface area contributed by atoms with Gasteiger partial charge in [-0.2, -0.15) is 22.8 Å². The van der Waals surface area contributed by atoms with E-state index in [0.29, 0.717) is 35.8 Å². The van der Waals surface area contributed by atoms with Crippen molar-refractivity contribution in [2.75, 3.05) is 5.32 Å². The molecule has 150 valence electrons. The van der Waals surface area contributed by atoms with Gasteiger partial charge in [0.15, 0.2) is 9.99 Å². The maximum atomic E-state index is 13.3. The van der Waals surface area contributed by atoms with Crippen molar-refractivity contribution in [1.29, 1.82) is 0 Å². The van der Waals surface area contributed by atoms with Crippen molar-refractivity contribution in [3.05, 3.63) is 47.0 Å². The van der Waals surface area contributed by atoms with Gasteiger partial charge in [0.05, 0.1) is 0 Å². The van der Waals surface area contributed by atoms with Gasteiger partial charge in [-0.25, -0.2) is 4.39 Å². The highest BCUT2D eigenvalue weighted by Gasteiger charge is 2.38. The standard InChI is InChI=1S/C16H11F4N7S2/c1-7-8(2)12(26-27-11(7)22-23-13(27)16(18,19)20)28-15-25-24-14(29-15)21-10-5-3-4-9(17)6-10/h3-6H,1-2H3,(H,21,24). The zero-order valence-electron chi connectivity index (χ0n) is 14.8. The highest BCUT2D eigenvalue weighted by Crippen LogP contribution is 2.36. The van der Waals surface area contributed by atoms with E-state index in [-0.39, 0.29) is 5.65 Å². The molecule has 0 saturated heterocycles. The maximum Gasteiger partial charge on any atom is 0.453 e. The van der Waals surface area contributed by atoms with E-state index in [0.717, 1.165) is 23.1 Å². The second-order valence-electron chi connectivity index (χ2n) is 5.92. The molecule has 3 aromatic heterocycles. The Morgan fingerprint density at radius 1 is 1.07 bits per heavy atom. The first-order chi connectivity index (χ1) is 13.7. The van der Waals surface area contributed by atoms with Crippen LogP contribution in [-0.2, 0) is 6.18 Å². The Morgan fingerprint density at radius 3 is 2.59 bits per heavy atom. The molecule has 13 heteroatoms. The molecule has 29 heavy (non-hydrogen) atoms. The predicted molar refractivity (Wildman–Crippen MR) is 99.0 cm³/mol. The van der Waals surface area contributed by atoms with Crippen LogP contribution in [0.3, 0.4) is 0 Å². The van der Waals surface area contributed by atoms with E-state index in [1.807, 2.05) is 0 Å². The summed E-state index contributed by atoms with van der Waals surface area (Å²) < 4.78 is 53.9. The zero-order valence-corrected chi connectivity index (χ0v) is 16.5. The van der Waals surface area contributed by atoms with Crippen molar-refractivity contribution in [2.24, 2.45) is 0 Å². The fourth-order valence-electron chi connectivity index (χ4n) is 2.45. The molecule has 1 aromatic carbocycles. The quantitative estimate of drug-likeness (QED) is 0.462. The van der Waals surface area contributed by atoms with Crippen LogP contribution in [0.2, 0.25) is 0 Å². The van der Waals surface area contributed by atoms with Crippen molar-refractivity contribution in [1.82, 2.24) is 30.0 Å². The number of aryl methyl sites for hydroxylation is 1. The van der Waals surface area contributed by atoms with Crippen molar-refractivity contribution in [3.8, 4) is 0 Å². The Labute approximate surface area is 169 Å². The summed E-state index contributed by atoms with van der Waals surface area (Å²) in [4.78, 5) is 0. The average molecular weight is 441 g/mol. The van der Waals surface area contributed by atoms with Gasteiger partial charge in [-0.05, 0) is 49.4 Å². The summed E-state index contributed by atoms with van der Waals surface area (Å²) in [5, 5.41) is 22.6. The number of benzene rings is 1. The van der Waals surface area contributed by atoms with Crippen LogP contribution in [-0.4, -0.2) is 30.0 Å². The van der Waals surface area contributed by atoms with Crippen molar-refractivity contribution < 1.29 is 17.6 Å². The lowest BCUT2D eigenvalue weighted by Crippen LogP contribution is -2.13. The number of alkyl halides is 3. The second kappa shape index (κ2) is 7.22. The molecule has 7 nitrogen and oxygen atoms in total. The molecule has 0 unspecified atom stereocenters. The molecule has 4 rings (SSSR count). The summed E-state index contributed by atoms with van der Waals surface area (Å²) in [6, 6.07) is 5.85. The molecule has 0 amide bonds. The largest absolute Gasteiger partial charge is 0.453 e. The van der Waals surface area contributed by atoms with Crippen molar-refractivity contribution in [2.45, 2.75) is 29.4 Å². The second-order valence-corrected chi connectivity index (χ2v) is 8.14. The van der Waals surface area contributed by atoms with Crippen molar-refractivity contribution in [3.63, 3.8) is 0 Å². The molecular weight excluding hydrogens is 430 g/mol. The summed E-state index contributed by atoms with van der Waals surface area (Å²) in [6.07, 6.45) is -4.68. The van der Waals surface area contributed by atoms with E-state index in [2.05, 4.69) is 30.8 Å². The molecule has 0 atom stereocenters. The molecule has 4 aromatic rings. The lowest BCUT2D eigenvalue weighted by Gasteiger charge is -2.09. The first-order valence-corrected chi connectivity index (χ1v) is 9.69. The molecular formula is C16H11F4N7S2. The van der Waals surface area contributed by atoms with Gasteiger partial charge in [-0.3, -0.25) is 0 Å². The molecule has 0 spiro atoms. The molecule has 0 saturated carbocycles. The lowest BCUT2D eigenvalue weighted by atomic mass is 10.2. The van der Waals surface area contributed by atoms with Crippen LogP contribution < -0.4 is 5.32 Å². The number of hydrogen-bond donors (Lipinski definition) is 1. The Kier molecular flexibility index (Phi) is 4.86. The van der Waals surface area contributed by atoms with E-state index in [1.165, 1.54) is 12.1 Å². The SMILES string of the molecule is Cc1c(Sc2nnc(Nc3cccc(F)c3)s2)nn2c(C(F)(F)F)nnc2c1C. The Hall–Kier alpha value is -2.80. The van der Waals surface area contributed by atoms with Gasteiger partial charge in [0.1, 0.15) is 10.8 Å². The molecule has 0 aliphatic carbocycles. The van der Waals surface area contributed by atoms with Gasteiger partial charge >= 0.3 is 6.18 Å².